The van der Waals surface area contributed by atoms with E-state index in [2.05, 4.69) is 9.88 Å². The highest BCUT2D eigenvalue weighted by Crippen LogP contribution is 2.13. The van der Waals surface area contributed by atoms with Crippen LogP contribution in [0.3, 0.4) is 0 Å². The predicted octanol–water partition coefficient (Wildman–Crippen LogP) is 0.921. The van der Waals surface area contributed by atoms with Gasteiger partial charge in [0.05, 0.1) is 6.54 Å². The van der Waals surface area contributed by atoms with Gasteiger partial charge < -0.3 is 14.7 Å². The van der Waals surface area contributed by atoms with Gasteiger partial charge in [-0.2, -0.15) is 0 Å². The van der Waals surface area contributed by atoms with Gasteiger partial charge in [-0.1, -0.05) is 6.07 Å². The van der Waals surface area contributed by atoms with Crippen LogP contribution in [0.15, 0.2) is 24.4 Å². The minimum Gasteiger partial charge on any atom is -0.353 e. The predicted molar refractivity (Wildman–Crippen MR) is 103 cm³/mol. The van der Waals surface area contributed by atoms with Crippen LogP contribution in [0, 0.1) is 0 Å². The highest BCUT2D eigenvalue weighted by atomic mass is 16.2. The molecule has 7 nitrogen and oxygen atoms in total. The van der Waals surface area contributed by atoms with Crippen LogP contribution in [0.5, 0.6) is 0 Å². The molecule has 0 radical (unpaired) electrons. The van der Waals surface area contributed by atoms with Crippen molar-refractivity contribution in [2.24, 2.45) is 0 Å². The minimum absolute atomic E-state index is 0.119. The molecule has 0 saturated carbocycles. The second-order valence-electron chi connectivity index (χ2n) is 6.61. The molecule has 0 unspecified atom stereocenters. The lowest BCUT2D eigenvalue weighted by Crippen LogP contribution is -2.49. The molecule has 144 valence electrons. The maximum atomic E-state index is 12.4. The third kappa shape index (κ3) is 5.69. The summed E-state index contributed by atoms with van der Waals surface area (Å²) in [7, 11) is 1.90. The Labute approximate surface area is 156 Å². The number of likely N-dealkylation sites (N-methyl/N-ethyl adjacent to an activating group) is 2. The fourth-order valence-corrected chi connectivity index (χ4v) is 3.16. The summed E-state index contributed by atoms with van der Waals surface area (Å²) in [6, 6.07) is 5.89. The number of rotatable bonds is 8. The molecule has 1 aromatic rings. The van der Waals surface area contributed by atoms with Gasteiger partial charge in [-0.3, -0.25) is 14.5 Å². The second kappa shape index (κ2) is 10.1. The van der Waals surface area contributed by atoms with Crippen LogP contribution in [0.2, 0.25) is 0 Å². The number of carbonyl (C=O) groups excluding carboxylic acids is 2. The van der Waals surface area contributed by atoms with Crippen molar-refractivity contribution in [3.8, 4) is 0 Å². The molecule has 0 N–H and O–H groups in total. The number of aromatic nitrogens is 1. The molecule has 0 atom stereocenters. The molecule has 0 aromatic carbocycles. The molecule has 0 spiro atoms. The Bertz CT molecular complexity index is 569. The fourth-order valence-electron chi connectivity index (χ4n) is 3.16. The quantitative estimate of drug-likeness (QED) is 0.689. The van der Waals surface area contributed by atoms with Crippen LogP contribution < -0.4 is 4.90 Å². The summed E-state index contributed by atoms with van der Waals surface area (Å²) in [5, 5.41) is 0. The summed E-state index contributed by atoms with van der Waals surface area (Å²) in [5.74, 6) is 1.25. The van der Waals surface area contributed by atoms with Crippen molar-refractivity contribution in [2.45, 2.75) is 20.3 Å². The lowest BCUT2D eigenvalue weighted by Gasteiger charge is -2.35. The van der Waals surface area contributed by atoms with E-state index in [1.165, 1.54) is 0 Å². The average Bonchev–Trinajstić information content (AvgIpc) is 2.68. The van der Waals surface area contributed by atoms with E-state index in [1.807, 2.05) is 53.8 Å². The van der Waals surface area contributed by atoms with Gasteiger partial charge in [0.15, 0.2) is 0 Å². The van der Waals surface area contributed by atoms with E-state index in [9.17, 15) is 9.59 Å². The zero-order valence-electron chi connectivity index (χ0n) is 16.2. The van der Waals surface area contributed by atoms with Crippen molar-refractivity contribution in [2.75, 3.05) is 64.3 Å². The topological polar surface area (TPSA) is 60.0 Å². The SMILES string of the molecule is CCN(CC)C(=O)CN(C)CCC(=O)N1CCN(c2ccccn2)CC1. The summed E-state index contributed by atoms with van der Waals surface area (Å²) >= 11 is 0. The number of nitrogens with zero attached hydrogens (tertiary/aromatic N) is 5. The molecule has 1 aromatic heterocycles. The van der Waals surface area contributed by atoms with Gasteiger partial charge in [-0.15, -0.1) is 0 Å². The molecule has 0 bridgehead atoms. The first-order valence-electron chi connectivity index (χ1n) is 9.45. The fraction of sp³-hybridized carbons (Fsp3) is 0.632. The van der Waals surface area contributed by atoms with Gasteiger partial charge in [-0.05, 0) is 33.0 Å². The van der Waals surface area contributed by atoms with Crippen molar-refractivity contribution in [1.82, 2.24) is 19.7 Å². The lowest BCUT2D eigenvalue weighted by molar-refractivity contribution is -0.134. The Morgan fingerprint density at radius 3 is 2.38 bits per heavy atom. The van der Waals surface area contributed by atoms with E-state index in [4.69, 9.17) is 0 Å². The van der Waals surface area contributed by atoms with Crippen LogP contribution in [-0.4, -0.2) is 90.9 Å². The first-order valence-corrected chi connectivity index (χ1v) is 9.45. The molecule has 2 heterocycles. The van der Waals surface area contributed by atoms with Gasteiger partial charge in [0.2, 0.25) is 11.8 Å². The Kier molecular flexibility index (Phi) is 7.84. The molecule has 26 heavy (non-hydrogen) atoms. The Balaban J connectivity index is 1.71. The molecule has 7 heteroatoms. The zero-order chi connectivity index (χ0) is 18.9. The van der Waals surface area contributed by atoms with Crippen LogP contribution in [0.1, 0.15) is 20.3 Å². The third-order valence-electron chi connectivity index (χ3n) is 4.83. The molecular formula is C19H31N5O2. The maximum absolute atomic E-state index is 12.4. The zero-order valence-corrected chi connectivity index (χ0v) is 16.2. The van der Waals surface area contributed by atoms with Gasteiger partial charge >= 0.3 is 0 Å². The summed E-state index contributed by atoms with van der Waals surface area (Å²) in [5.41, 5.74) is 0. The Morgan fingerprint density at radius 1 is 1.12 bits per heavy atom. The van der Waals surface area contributed by atoms with Gasteiger partial charge in [0, 0.05) is 58.4 Å². The van der Waals surface area contributed by atoms with E-state index >= 15 is 0 Å². The van der Waals surface area contributed by atoms with Crippen LogP contribution in [0.4, 0.5) is 5.82 Å². The number of amides is 2. The first-order chi connectivity index (χ1) is 12.5. The van der Waals surface area contributed by atoms with Crippen molar-refractivity contribution >= 4 is 17.6 Å². The Morgan fingerprint density at radius 2 is 1.81 bits per heavy atom. The minimum atomic E-state index is 0.119. The number of carbonyl (C=O) groups is 2. The van der Waals surface area contributed by atoms with Crippen LogP contribution in [0.25, 0.3) is 0 Å². The van der Waals surface area contributed by atoms with E-state index in [-0.39, 0.29) is 11.8 Å². The van der Waals surface area contributed by atoms with E-state index < -0.39 is 0 Å². The van der Waals surface area contributed by atoms with Crippen molar-refractivity contribution < 1.29 is 9.59 Å². The maximum Gasteiger partial charge on any atom is 0.236 e. The molecule has 0 aliphatic carbocycles. The molecule has 1 saturated heterocycles. The lowest BCUT2D eigenvalue weighted by atomic mass is 10.2. The molecule has 1 aliphatic rings. The second-order valence-corrected chi connectivity index (χ2v) is 6.61. The molecule has 2 amide bonds. The average molecular weight is 361 g/mol. The van der Waals surface area contributed by atoms with E-state index in [1.54, 1.807) is 6.20 Å². The smallest absolute Gasteiger partial charge is 0.236 e. The monoisotopic (exact) mass is 361 g/mol. The van der Waals surface area contributed by atoms with Gasteiger partial charge in [0.1, 0.15) is 5.82 Å². The molecule has 1 aliphatic heterocycles. The molecular weight excluding hydrogens is 330 g/mol. The van der Waals surface area contributed by atoms with E-state index in [0.717, 1.165) is 45.1 Å². The van der Waals surface area contributed by atoms with Crippen molar-refractivity contribution in [3.05, 3.63) is 24.4 Å². The number of piperazine rings is 1. The number of hydrogen-bond donors (Lipinski definition) is 0. The summed E-state index contributed by atoms with van der Waals surface area (Å²) in [6.45, 7) is 9.43. The number of hydrogen-bond acceptors (Lipinski definition) is 5. The third-order valence-corrected chi connectivity index (χ3v) is 4.83. The van der Waals surface area contributed by atoms with Gasteiger partial charge in [-0.25, -0.2) is 4.98 Å². The Hall–Kier alpha value is -2.15. The first kappa shape index (κ1) is 20.2. The molecule has 1 fully saturated rings. The van der Waals surface area contributed by atoms with Crippen LogP contribution in [-0.2, 0) is 9.59 Å². The van der Waals surface area contributed by atoms with Gasteiger partial charge in [0.25, 0.3) is 0 Å². The highest BCUT2D eigenvalue weighted by molar-refractivity contribution is 5.79. The van der Waals surface area contributed by atoms with Crippen LogP contribution >= 0.6 is 0 Å². The normalized spacial score (nSPS) is 14.6. The number of anilines is 1. The summed E-state index contributed by atoms with van der Waals surface area (Å²) < 4.78 is 0. The van der Waals surface area contributed by atoms with Crippen molar-refractivity contribution in [1.29, 1.82) is 0 Å². The molecule has 2 rings (SSSR count). The summed E-state index contributed by atoms with van der Waals surface area (Å²) in [4.78, 5) is 36.8. The standard InChI is InChI=1S/C19H31N5O2/c1-4-22(5-2)19(26)16-21(3)11-9-18(25)24-14-12-23(13-15-24)17-8-6-7-10-20-17/h6-8,10H,4-5,9,11-16H2,1-3H3. The van der Waals surface area contributed by atoms with E-state index in [0.29, 0.717) is 19.5 Å². The summed E-state index contributed by atoms with van der Waals surface area (Å²) in [6.07, 6.45) is 2.24. The highest BCUT2D eigenvalue weighted by Gasteiger charge is 2.22. The largest absolute Gasteiger partial charge is 0.353 e. The number of pyridine rings is 1. The van der Waals surface area contributed by atoms with Crippen molar-refractivity contribution in [3.63, 3.8) is 0 Å².